The van der Waals surface area contributed by atoms with E-state index in [-0.39, 0.29) is 29.5 Å². The Balaban J connectivity index is 1.64. The van der Waals surface area contributed by atoms with Gasteiger partial charge in [-0.15, -0.1) is 5.10 Å². The minimum atomic E-state index is -0.449. The molecule has 150 valence electrons. The van der Waals surface area contributed by atoms with Crippen molar-refractivity contribution in [2.24, 2.45) is 5.10 Å². The Morgan fingerprint density at radius 2 is 1.83 bits per heavy atom. The number of hydrogen-bond donors (Lipinski definition) is 1. The molecule has 0 saturated carbocycles. The second kappa shape index (κ2) is 8.74. The van der Waals surface area contributed by atoms with Crippen LogP contribution in [0.1, 0.15) is 30.3 Å². The van der Waals surface area contributed by atoms with Crippen LogP contribution in [0.25, 0.3) is 0 Å². The van der Waals surface area contributed by atoms with E-state index in [0.717, 1.165) is 11.1 Å². The first-order valence-corrected chi connectivity index (χ1v) is 9.50. The molecule has 1 N–H and O–H groups in total. The summed E-state index contributed by atoms with van der Waals surface area (Å²) in [5.41, 5.74) is 1.67. The summed E-state index contributed by atoms with van der Waals surface area (Å²) in [6.07, 6.45) is 0. The number of amidine groups is 1. The van der Waals surface area contributed by atoms with Gasteiger partial charge in [-0.05, 0) is 35.4 Å². The molecule has 10 heteroatoms. The fourth-order valence-electron chi connectivity index (χ4n) is 2.59. The predicted octanol–water partition coefficient (Wildman–Crippen LogP) is 3.17. The molecule has 0 spiro atoms. The van der Waals surface area contributed by atoms with Gasteiger partial charge in [-0.2, -0.15) is 0 Å². The highest BCUT2D eigenvalue weighted by Crippen LogP contribution is 2.39. The van der Waals surface area contributed by atoms with Crippen LogP contribution in [-0.2, 0) is 16.2 Å². The van der Waals surface area contributed by atoms with Crippen LogP contribution in [0, 0.1) is 10.1 Å². The van der Waals surface area contributed by atoms with Crippen molar-refractivity contribution in [1.29, 1.82) is 0 Å². The number of rotatable bonds is 5. The van der Waals surface area contributed by atoms with Gasteiger partial charge in [0, 0.05) is 26.0 Å². The Labute approximate surface area is 170 Å². The zero-order valence-corrected chi connectivity index (χ0v) is 16.5. The van der Waals surface area contributed by atoms with E-state index in [4.69, 9.17) is 4.74 Å². The van der Waals surface area contributed by atoms with Gasteiger partial charge < -0.3 is 10.1 Å². The fraction of sp³-hybridized carbons (Fsp3) is 0.211. The molecular formula is C19H18N4O5S. The number of hydrazone groups is 1. The van der Waals surface area contributed by atoms with Crippen molar-refractivity contribution in [3.05, 3.63) is 69.8 Å². The van der Waals surface area contributed by atoms with Gasteiger partial charge in [-0.3, -0.25) is 19.7 Å². The molecule has 3 rings (SSSR count). The van der Waals surface area contributed by atoms with Crippen molar-refractivity contribution in [2.45, 2.75) is 25.8 Å². The fourth-order valence-corrected chi connectivity index (χ4v) is 3.73. The molecule has 29 heavy (non-hydrogen) atoms. The molecule has 0 saturated heterocycles. The Hall–Kier alpha value is -3.40. The molecule has 1 aliphatic heterocycles. The Morgan fingerprint density at radius 3 is 2.38 bits per heavy atom. The van der Waals surface area contributed by atoms with Crippen LogP contribution in [0.4, 0.5) is 5.69 Å². The van der Waals surface area contributed by atoms with Crippen LogP contribution < -0.4 is 10.1 Å². The maximum Gasteiger partial charge on any atom is 0.269 e. The first-order valence-electron chi connectivity index (χ1n) is 8.62. The topological polar surface area (TPSA) is 114 Å². The van der Waals surface area contributed by atoms with E-state index in [1.54, 1.807) is 24.3 Å². The molecule has 9 nitrogen and oxygen atoms in total. The molecule has 2 aromatic rings. The quantitative estimate of drug-likeness (QED) is 0.594. The standard InChI is InChI=1S/C19H18N4O5S/c1-12(24)20-19-21-22(13(2)25)18(29-19)15-5-9-17(10-6-15)28-11-14-3-7-16(8-4-14)23(26)27/h3-10,18H,11H2,1-2H3,(H,20,21,24)/t18-/m1/s1. The lowest BCUT2D eigenvalue weighted by molar-refractivity contribution is -0.384. The largest absolute Gasteiger partial charge is 0.489 e. The smallest absolute Gasteiger partial charge is 0.269 e. The van der Waals surface area contributed by atoms with Gasteiger partial charge in [-0.25, -0.2) is 5.01 Å². The molecule has 0 aromatic heterocycles. The summed E-state index contributed by atoms with van der Waals surface area (Å²) in [5.74, 6) is 0.129. The molecule has 0 aliphatic carbocycles. The molecule has 2 aromatic carbocycles. The lowest BCUT2D eigenvalue weighted by Crippen LogP contribution is -2.25. The number of nitrogens with one attached hydrogen (secondary N) is 1. The summed E-state index contributed by atoms with van der Waals surface area (Å²) in [4.78, 5) is 33.4. The Bertz CT molecular complexity index is 960. The number of ether oxygens (including phenoxy) is 1. The van der Waals surface area contributed by atoms with Gasteiger partial charge in [0.2, 0.25) is 11.8 Å². The molecule has 0 radical (unpaired) electrons. The average Bonchev–Trinajstić information content (AvgIpc) is 3.10. The highest BCUT2D eigenvalue weighted by Gasteiger charge is 2.32. The van der Waals surface area contributed by atoms with E-state index >= 15 is 0 Å². The van der Waals surface area contributed by atoms with E-state index in [1.807, 2.05) is 12.1 Å². The summed E-state index contributed by atoms with van der Waals surface area (Å²) in [6.45, 7) is 3.06. The van der Waals surface area contributed by atoms with E-state index in [9.17, 15) is 19.7 Å². The maximum absolute atomic E-state index is 11.9. The van der Waals surface area contributed by atoms with Crippen molar-refractivity contribution < 1.29 is 19.2 Å². The van der Waals surface area contributed by atoms with Crippen LogP contribution >= 0.6 is 11.8 Å². The van der Waals surface area contributed by atoms with Crippen molar-refractivity contribution in [2.75, 3.05) is 0 Å². The lowest BCUT2D eigenvalue weighted by atomic mass is 10.2. The van der Waals surface area contributed by atoms with E-state index in [1.165, 1.54) is 42.8 Å². The number of non-ortho nitro benzene ring substituents is 1. The SMILES string of the molecule is CC(=O)NC1=NN(C(C)=O)[C@@H](c2ccc(OCc3ccc([N+](=O)[O-])cc3)cc2)S1. The molecule has 0 bridgehead atoms. The zero-order chi connectivity index (χ0) is 21.0. The summed E-state index contributed by atoms with van der Waals surface area (Å²) in [6, 6.07) is 13.4. The number of carbonyl (C=O) groups excluding carboxylic acids is 2. The van der Waals surface area contributed by atoms with Crippen molar-refractivity contribution in [1.82, 2.24) is 10.3 Å². The van der Waals surface area contributed by atoms with E-state index in [0.29, 0.717) is 10.9 Å². The van der Waals surface area contributed by atoms with Crippen LogP contribution in [-0.4, -0.2) is 26.9 Å². The Kier molecular flexibility index (Phi) is 6.13. The number of amides is 2. The zero-order valence-electron chi connectivity index (χ0n) is 15.7. The third kappa shape index (κ3) is 5.11. The number of thioether (sulfide) groups is 1. The van der Waals surface area contributed by atoms with Crippen molar-refractivity contribution >= 4 is 34.4 Å². The summed E-state index contributed by atoms with van der Waals surface area (Å²) in [5, 5.41) is 18.8. The van der Waals surface area contributed by atoms with Gasteiger partial charge in [0.1, 0.15) is 17.7 Å². The molecule has 1 heterocycles. The summed E-state index contributed by atoms with van der Waals surface area (Å²) in [7, 11) is 0. The number of carbonyl (C=O) groups is 2. The number of nitro benzene ring substituents is 1. The lowest BCUT2D eigenvalue weighted by Gasteiger charge is -2.19. The van der Waals surface area contributed by atoms with Gasteiger partial charge in [0.05, 0.1) is 4.92 Å². The monoisotopic (exact) mass is 414 g/mol. The normalized spacial score (nSPS) is 15.6. The first kappa shape index (κ1) is 20.3. The number of benzene rings is 2. The molecule has 2 amide bonds. The van der Waals surface area contributed by atoms with E-state index in [2.05, 4.69) is 10.4 Å². The molecule has 1 atom stereocenters. The molecule has 0 fully saturated rings. The second-order valence-corrected chi connectivity index (χ2v) is 7.27. The minimum Gasteiger partial charge on any atom is -0.489 e. The second-order valence-electron chi connectivity index (χ2n) is 6.20. The highest BCUT2D eigenvalue weighted by molar-refractivity contribution is 8.14. The van der Waals surface area contributed by atoms with Crippen molar-refractivity contribution in [3.8, 4) is 5.75 Å². The van der Waals surface area contributed by atoms with Crippen LogP contribution in [0.5, 0.6) is 5.75 Å². The minimum absolute atomic E-state index is 0.0306. The third-order valence-corrected chi connectivity index (χ3v) is 5.07. The van der Waals surface area contributed by atoms with E-state index < -0.39 is 4.92 Å². The third-order valence-electron chi connectivity index (χ3n) is 3.97. The van der Waals surface area contributed by atoms with Crippen molar-refractivity contribution in [3.63, 3.8) is 0 Å². The van der Waals surface area contributed by atoms with Gasteiger partial charge >= 0.3 is 0 Å². The number of nitro groups is 1. The Morgan fingerprint density at radius 1 is 1.17 bits per heavy atom. The van der Waals surface area contributed by atoms with Gasteiger partial charge in [-0.1, -0.05) is 23.9 Å². The number of hydrogen-bond acceptors (Lipinski definition) is 7. The maximum atomic E-state index is 11.9. The molecule has 1 aliphatic rings. The predicted molar refractivity (Wildman–Crippen MR) is 108 cm³/mol. The highest BCUT2D eigenvalue weighted by atomic mass is 32.2. The molecule has 0 unspecified atom stereocenters. The summed E-state index contributed by atoms with van der Waals surface area (Å²) >= 11 is 1.28. The van der Waals surface area contributed by atoms with Gasteiger partial charge in [0.15, 0.2) is 5.17 Å². The summed E-state index contributed by atoms with van der Waals surface area (Å²) < 4.78 is 5.72. The van der Waals surface area contributed by atoms with Crippen LogP contribution in [0.2, 0.25) is 0 Å². The van der Waals surface area contributed by atoms with Crippen LogP contribution in [0.3, 0.4) is 0 Å². The molecular weight excluding hydrogens is 396 g/mol. The van der Waals surface area contributed by atoms with Gasteiger partial charge in [0.25, 0.3) is 5.69 Å². The number of nitrogens with zero attached hydrogens (tertiary/aromatic N) is 3. The average molecular weight is 414 g/mol. The van der Waals surface area contributed by atoms with Crippen LogP contribution in [0.15, 0.2) is 53.6 Å². The first-order chi connectivity index (χ1) is 13.8.